The minimum absolute atomic E-state index is 0.206. The Morgan fingerprint density at radius 2 is 2.16 bits per heavy atom. The first-order valence-electron chi connectivity index (χ1n) is 6.25. The summed E-state index contributed by atoms with van der Waals surface area (Å²) in [5, 5.41) is 9.01. The zero-order valence-electron chi connectivity index (χ0n) is 11.8. The van der Waals surface area contributed by atoms with Crippen molar-refractivity contribution in [1.29, 1.82) is 5.41 Å². The van der Waals surface area contributed by atoms with Crippen molar-refractivity contribution in [3.63, 3.8) is 0 Å². The largest absolute Gasteiger partial charge is 0.471 e. The summed E-state index contributed by atoms with van der Waals surface area (Å²) in [6, 6.07) is 0. The zero-order chi connectivity index (χ0) is 14.4. The van der Waals surface area contributed by atoms with E-state index in [1.54, 1.807) is 6.92 Å². The number of ether oxygens (including phenoxy) is 1. The third kappa shape index (κ3) is 4.99. The summed E-state index contributed by atoms with van der Waals surface area (Å²) in [5.41, 5.74) is 8.92. The van der Waals surface area contributed by atoms with Gasteiger partial charge in [-0.05, 0) is 38.9 Å². The second-order valence-corrected chi connectivity index (χ2v) is 5.30. The molecule has 0 aromatic heterocycles. The van der Waals surface area contributed by atoms with Crippen LogP contribution in [0.25, 0.3) is 0 Å². The first-order valence-corrected chi connectivity index (χ1v) is 6.83. The van der Waals surface area contributed by atoms with Crippen LogP contribution >= 0.6 is 9.24 Å². The Labute approximate surface area is 117 Å². The molecule has 104 valence electrons. The zero-order valence-corrected chi connectivity index (χ0v) is 12.9. The number of rotatable bonds is 4. The van der Waals surface area contributed by atoms with Crippen molar-refractivity contribution in [1.82, 2.24) is 0 Å². The number of nitrogens with zero attached hydrogens (tertiary/aromatic N) is 1. The van der Waals surface area contributed by atoms with E-state index in [1.807, 2.05) is 19.9 Å². The van der Waals surface area contributed by atoms with Crippen LogP contribution in [0, 0.1) is 5.41 Å². The number of nitrogens with one attached hydrogen (secondary N) is 1. The van der Waals surface area contributed by atoms with Crippen molar-refractivity contribution in [2.24, 2.45) is 10.7 Å². The van der Waals surface area contributed by atoms with Crippen LogP contribution in [0.4, 0.5) is 0 Å². The molecule has 0 saturated heterocycles. The van der Waals surface area contributed by atoms with Crippen LogP contribution in [0.1, 0.15) is 33.6 Å². The Morgan fingerprint density at radius 3 is 2.68 bits per heavy atom. The van der Waals surface area contributed by atoms with E-state index in [9.17, 15) is 0 Å². The van der Waals surface area contributed by atoms with Gasteiger partial charge in [-0.2, -0.15) is 0 Å². The number of aliphatic imine (C=N–C) groups is 1. The lowest BCUT2D eigenvalue weighted by Crippen LogP contribution is -2.13. The van der Waals surface area contributed by atoms with Crippen LogP contribution in [-0.2, 0) is 4.74 Å². The Kier molecular flexibility index (Phi) is 5.97. The minimum atomic E-state index is 0.206. The third-order valence-electron chi connectivity index (χ3n) is 2.65. The molecular formula is C14H22N3OP. The molecule has 19 heavy (non-hydrogen) atoms. The van der Waals surface area contributed by atoms with Crippen molar-refractivity contribution >= 4 is 20.8 Å². The van der Waals surface area contributed by atoms with Gasteiger partial charge in [-0.25, -0.2) is 0 Å². The predicted octanol–water partition coefficient (Wildman–Crippen LogP) is 3.13. The van der Waals surface area contributed by atoms with Crippen LogP contribution in [-0.4, -0.2) is 18.2 Å². The van der Waals surface area contributed by atoms with E-state index in [0.717, 1.165) is 29.4 Å². The molecule has 0 aromatic carbocycles. The fourth-order valence-electron chi connectivity index (χ4n) is 1.66. The van der Waals surface area contributed by atoms with E-state index in [1.165, 1.54) is 0 Å². The number of hydrogen-bond acceptors (Lipinski definition) is 4. The van der Waals surface area contributed by atoms with E-state index >= 15 is 0 Å². The molecule has 1 aliphatic carbocycles. The molecule has 1 aliphatic rings. The van der Waals surface area contributed by atoms with Crippen LogP contribution in [0.3, 0.4) is 0 Å². The molecule has 0 bridgehead atoms. The quantitative estimate of drug-likeness (QED) is 0.471. The summed E-state index contributed by atoms with van der Waals surface area (Å²) in [5.74, 6) is 0.206. The standard InChI is InChI=1S/C14H22N3OP/c1-9(2)17-12(10(3)15)8-18-14(16)11-6-4-5-7-13(11)19/h5,7,16H,4,6,8,15,19H2,1-3H3/b12-10-,16-14?. The molecule has 0 aliphatic heterocycles. The van der Waals surface area contributed by atoms with Crippen molar-refractivity contribution in [3.05, 3.63) is 34.4 Å². The van der Waals surface area contributed by atoms with Gasteiger partial charge in [-0.3, -0.25) is 10.4 Å². The van der Waals surface area contributed by atoms with E-state index in [4.69, 9.17) is 15.9 Å². The van der Waals surface area contributed by atoms with Crippen molar-refractivity contribution in [3.8, 4) is 0 Å². The van der Waals surface area contributed by atoms with Crippen molar-refractivity contribution < 1.29 is 4.74 Å². The van der Waals surface area contributed by atoms with Gasteiger partial charge in [-0.15, -0.1) is 9.24 Å². The second-order valence-electron chi connectivity index (χ2n) is 4.68. The highest BCUT2D eigenvalue weighted by Gasteiger charge is 2.13. The molecular weight excluding hydrogens is 257 g/mol. The molecule has 1 rings (SSSR count). The lowest BCUT2D eigenvalue weighted by Gasteiger charge is -2.15. The molecule has 4 nitrogen and oxygen atoms in total. The Morgan fingerprint density at radius 1 is 1.47 bits per heavy atom. The first-order chi connectivity index (χ1) is 8.91. The summed E-state index contributed by atoms with van der Waals surface area (Å²) >= 11 is 0. The number of hydrogen-bond donors (Lipinski definition) is 2. The smallest absolute Gasteiger partial charge is 0.210 e. The predicted molar refractivity (Wildman–Crippen MR) is 84.5 cm³/mol. The Bertz CT molecular complexity index is 479. The fourth-order valence-corrected chi connectivity index (χ4v) is 2.07. The molecule has 0 spiro atoms. The van der Waals surface area contributed by atoms with Gasteiger partial charge in [-0.1, -0.05) is 12.2 Å². The highest BCUT2D eigenvalue weighted by molar-refractivity contribution is 7.23. The van der Waals surface area contributed by atoms with Gasteiger partial charge in [0.1, 0.15) is 6.61 Å². The van der Waals surface area contributed by atoms with Gasteiger partial charge in [0.2, 0.25) is 5.90 Å². The molecule has 0 amide bonds. The van der Waals surface area contributed by atoms with Gasteiger partial charge >= 0.3 is 0 Å². The van der Waals surface area contributed by atoms with Gasteiger partial charge in [0.15, 0.2) is 0 Å². The van der Waals surface area contributed by atoms with E-state index in [0.29, 0.717) is 11.4 Å². The fraction of sp³-hybridized carbons (Fsp3) is 0.429. The van der Waals surface area contributed by atoms with E-state index in [-0.39, 0.29) is 12.5 Å². The van der Waals surface area contributed by atoms with Crippen molar-refractivity contribution in [2.45, 2.75) is 33.6 Å². The number of allylic oxidation sites excluding steroid dienone is 4. The molecule has 0 fully saturated rings. The summed E-state index contributed by atoms with van der Waals surface area (Å²) in [6.07, 6.45) is 5.88. The van der Waals surface area contributed by atoms with Crippen molar-refractivity contribution in [2.75, 3.05) is 6.61 Å². The normalized spacial score (nSPS) is 16.0. The summed E-state index contributed by atoms with van der Waals surface area (Å²) < 4.78 is 5.51. The summed E-state index contributed by atoms with van der Waals surface area (Å²) in [6.45, 7) is 5.84. The monoisotopic (exact) mass is 279 g/mol. The van der Waals surface area contributed by atoms with Crippen LogP contribution < -0.4 is 5.73 Å². The second kappa shape index (κ2) is 7.25. The molecule has 0 heterocycles. The number of nitrogens with two attached hydrogens (primary N) is 1. The lowest BCUT2D eigenvalue weighted by molar-refractivity contribution is 0.332. The van der Waals surface area contributed by atoms with Gasteiger partial charge < -0.3 is 10.5 Å². The maximum absolute atomic E-state index is 7.99. The summed E-state index contributed by atoms with van der Waals surface area (Å²) in [4.78, 5) is 4.33. The highest BCUT2D eigenvalue weighted by atomic mass is 31.0. The van der Waals surface area contributed by atoms with E-state index < -0.39 is 0 Å². The molecule has 0 aromatic rings. The summed E-state index contributed by atoms with van der Waals surface area (Å²) in [7, 11) is 2.64. The average Bonchev–Trinajstić information content (AvgIpc) is 2.34. The van der Waals surface area contributed by atoms with Crippen LogP contribution in [0.5, 0.6) is 0 Å². The van der Waals surface area contributed by atoms with Crippen LogP contribution in [0.15, 0.2) is 39.4 Å². The Hall–Kier alpha value is -1.41. The SMILES string of the molecule is CC(C)=N/C(COC(=N)C1=C(P)C=CCC1)=C(/C)N. The average molecular weight is 279 g/mol. The van der Waals surface area contributed by atoms with Gasteiger partial charge in [0.05, 0.1) is 5.70 Å². The topological polar surface area (TPSA) is 71.5 Å². The van der Waals surface area contributed by atoms with Crippen LogP contribution in [0.2, 0.25) is 0 Å². The van der Waals surface area contributed by atoms with Gasteiger partial charge in [0, 0.05) is 17.0 Å². The van der Waals surface area contributed by atoms with Gasteiger partial charge in [0.25, 0.3) is 0 Å². The minimum Gasteiger partial charge on any atom is -0.471 e. The highest BCUT2D eigenvalue weighted by Crippen LogP contribution is 2.25. The molecule has 0 saturated carbocycles. The Balaban J connectivity index is 2.71. The molecule has 1 atom stereocenters. The first kappa shape index (κ1) is 15.6. The molecule has 1 unspecified atom stereocenters. The van der Waals surface area contributed by atoms with E-state index in [2.05, 4.69) is 20.3 Å². The molecule has 0 radical (unpaired) electrons. The maximum Gasteiger partial charge on any atom is 0.210 e. The molecule has 3 N–H and O–H groups in total. The third-order valence-corrected chi connectivity index (χ3v) is 3.19. The molecule has 5 heteroatoms. The maximum atomic E-state index is 7.99. The lowest BCUT2D eigenvalue weighted by atomic mass is 10.1.